The number of piperidine rings is 1. The number of amides is 2. The van der Waals surface area contributed by atoms with E-state index in [2.05, 4.69) is 15.4 Å². The molecule has 158 valence electrons. The van der Waals surface area contributed by atoms with Gasteiger partial charge in [-0.15, -0.1) is 23.2 Å². The van der Waals surface area contributed by atoms with Gasteiger partial charge < -0.3 is 10.2 Å². The van der Waals surface area contributed by atoms with E-state index in [4.69, 9.17) is 23.2 Å². The van der Waals surface area contributed by atoms with Crippen LogP contribution in [0.5, 0.6) is 0 Å². The van der Waals surface area contributed by atoms with E-state index in [0.29, 0.717) is 42.0 Å². The molecule has 2 aromatic heterocycles. The summed E-state index contributed by atoms with van der Waals surface area (Å²) in [6, 6.07) is 3.09. The summed E-state index contributed by atoms with van der Waals surface area (Å²) in [5.74, 6) is -0.128. The first kappa shape index (κ1) is 19.8. The minimum Gasteiger partial charge on any atom is -0.354 e. The van der Waals surface area contributed by atoms with Crippen LogP contribution in [0.15, 0.2) is 18.3 Å². The molecule has 2 aliphatic carbocycles. The van der Waals surface area contributed by atoms with Gasteiger partial charge in [0.05, 0.1) is 5.39 Å². The van der Waals surface area contributed by atoms with Gasteiger partial charge in [-0.3, -0.25) is 14.4 Å². The fourth-order valence-electron chi connectivity index (χ4n) is 4.47. The molecule has 2 amide bonds. The fraction of sp³-hybridized carbons (Fsp3) is 0.550. The maximum Gasteiger partial charge on any atom is 0.245 e. The number of aromatic nitrogens is 3. The van der Waals surface area contributed by atoms with Crippen molar-refractivity contribution in [1.29, 1.82) is 0 Å². The Morgan fingerprint density at radius 1 is 1.30 bits per heavy atom. The molecule has 3 fully saturated rings. The third kappa shape index (κ3) is 3.36. The summed E-state index contributed by atoms with van der Waals surface area (Å²) >= 11 is 12.1. The molecular formula is C20H21Cl2N5O3. The number of carbonyl (C=O) groups excluding carboxylic acids is 3. The lowest BCUT2D eigenvalue weighted by molar-refractivity contribution is -0.140. The SMILES string of the molecule is CC(=O)c1nn(CC(=O)N2[C@@H]3C[C@@H]3C[C@H]2C(=O)NC[C@@H]2CC2(Cl)Cl)c2ncccc12. The fourth-order valence-corrected chi connectivity index (χ4v) is 5.00. The number of halogens is 2. The third-order valence-corrected chi connectivity index (χ3v) is 7.22. The van der Waals surface area contributed by atoms with Gasteiger partial charge in [0.1, 0.15) is 22.6 Å². The molecule has 0 aromatic carbocycles. The van der Waals surface area contributed by atoms with E-state index in [1.54, 1.807) is 23.2 Å². The summed E-state index contributed by atoms with van der Waals surface area (Å²) in [7, 11) is 0. The average molecular weight is 450 g/mol. The van der Waals surface area contributed by atoms with Crippen molar-refractivity contribution >= 4 is 51.8 Å². The van der Waals surface area contributed by atoms with Gasteiger partial charge in [-0.05, 0) is 37.3 Å². The predicted octanol–water partition coefficient (Wildman–Crippen LogP) is 1.93. The largest absolute Gasteiger partial charge is 0.354 e. The van der Waals surface area contributed by atoms with Gasteiger partial charge in [-0.25, -0.2) is 9.67 Å². The number of pyridine rings is 1. The van der Waals surface area contributed by atoms with Gasteiger partial charge in [0, 0.05) is 31.6 Å². The number of Topliss-reactive ketones (excluding diaryl/α,β-unsaturated/α-hetero) is 1. The van der Waals surface area contributed by atoms with Crippen molar-refractivity contribution in [2.24, 2.45) is 11.8 Å². The number of likely N-dealkylation sites (tertiary alicyclic amines) is 1. The molecule has 8 nitrogen and oxygen atoms in total. The molecule has 0 bridgehead atoms. The Kier molecular flexibility index (Phi) is 4.56. The topological polar surface area (TPSA) is 97.2 Å². The van der Waals surface area contributed by atoms with Crippen molar-refractivity contribution in [1.82, 2.24) is 25.0 Å². The molecule has 1 N–H and O–H groups in total. The van der Waals surface area contributed by atoms with Crippen LogP contribution in [0.25, 0.3) is 11.0 Å². The molecule has 1 aliphatic heterocycles. The van der Waals surface area contributed by atoms with Crippen molar-refractivity contribution in [2.45, 2.75) is 49.1 Å². The number of nitrogens with one attached hydrogen (secondary N) is 1. The van der Waals surface area contributed by atoms with E-state index in [9.17, 15) is 14.4 Å². The van der Waals surface area contributed by atoms with Gasteiger partial charge in [0.25, 0.3) is 0 Å². The number of fused-ring (bicyclic) bond motifs is 2. The molecule has 4 atom stereocenters. The minimum absolute atomic E-state index is 0.0522. The Balaban J connectivity index is 1.32. The Morgan fingerprint density at radius 3 is 2.77 bits per heavy atom. The van der Waals surface area contributed by atoms with Crippen LogP contribution in [-0.2, 0) is 16.1 Å². The zero-order valence-corrected chi connectivity index (χ0v) is 17.9. The second kappa shape index (κ2) is 6.92. The first-order chi connectivity index (χ1) is 14.3. The molecule has 0 unspecified atom stereocenters. The molecule has 0 spiro atoms. The quantitative estimate of drug-likeness (QED) is 0.536. The highest BCUT2D eigenvalue weighted by Gasteiger charge is 2.56. The van der Waals surface area contributed by atoms with Gasteiger partial charge in [-0.2, -0.15) is 5.10 Å². The second-order valence-corrected chi connectivity index (χ2v) is 10.0. The number of hydrogen-bond donors (Lipinski definition) is 1. The van der Waals surface area contributed by atoms with Crippen LogP contribution >= 0.6 is 23.2 Å². The summed E-state index contributed by atoms with van der Waals surface area (Å²) in [6.45, 7) is 1.78. The maximum absolute atomic E-state index is 13.2. The molecule has 0 radical (unpaired) electrons. The van der Waals surface area contributed by atoms with E-state index in [1.165, 1.54) is 11.6 Å². The first-order valence-corrected chi connectivity index (χ1v) is 10.8. The zero-order valence-electron chi connectivity index (χ0n) is 16.3. The summed E-state index contributed by atoms with van der Waals surface area (Å²) in [5.41, 5.74) is 0.777. The van der Waals surface area contributed by atoms with Crippen LogP contribution in [0.1, 0.15) is 36.7 Å². The highest BCUT2D eigenvalue weighted by molar-refractivity contribution is 6.50. The van der Waals surface area contributed by atoms with Crippen LogP contribution in [0, 0.1) is 11.8 Å². The highest BCUT2D eigenvalue weighted by atomic mass is 35.5. The van der Waals surface area contributed by atoms with Gasteiger partial charge >= 0.3 is 0 Å². The maximum atomic E-state index is 13.2. The van der Waals surface area contributed by atoms with Crippen molar-refractivity contribution in [3.8, 4) is 0 Å². The molecule has 1 saturated heterocycles. The number of hydrogen-bond acceptors (Lipinski definition) is 5. The van der Waals surface area contributed by atoms with Crippen molar-refractivity contribution in [3.05, 3.63) is 24.0 Å². The normalized spacial score (nSPS) is 28.3. The highest BCUT2D eigenvalue weighted by Crippen LogP contribution is 2.53. The lowest BCUT2D eigenvalue weighted by atomic mass is 10.1. The van der Waals surface area contributed by atoms with E-state index >= 15 is 0 Å². The van der Waals surface area contributed by atoms with Crippen LogP contribution < -0.4 is 5.32 Å². The van der Waals surface area contributed by atoms with Crippen LogP contribution in [-0.4, -0.2) is 60.2 Å². The smallest absolute Gasteiger partial charge is 0.245 e. The molecule has 2 saturated carbocycles. The van der Waals surface area contributed by atoms with Crippen LogP contribution in [0.2, 0.25) is 0 Å². The molecule has 3 aliphatic rings. The van der Waals surface area contributed by atoms with Gasteiger partial charge in [-0.1, -0.05) is 0 Å². The molecule has 5 rings (SSSR count). The lowest BCUT2D eigenvalue weighted by Crippen LogP contribution is -2.49. The van der Waals surface area contributed by atoms with Crippen LogP contribution in [0.4, 0.5) is 0 Å². The Morgan fingerprint density at radius 2 is 2.07 bits per heavy atom. The molecular weight excluding hydrogens is 429 g/mol. The lowest BCUT2D eigenvalue weighted by Gasteiger charge is -2.27. The Labute approximate surface area is 182 Å². The van der Waals surface area contributed by atoms with E-state index in [1.807, 2.05) is 0 Å². The molecule has 3 heterocycles. The monoisotopic (exact) mass is 449 g/mol. The van der Waals surface area contributed by atoms with Crippen molar-refractivity contribution in [3.63, 3.8) is 0 Å². The molecule has 30 heavy (non-hydrogen) atoms. The summed E-state index contributed by atoms with van der Waals surface area (Å²) in [4.78, 5) is 43.8. The van der Waals surface area contributed by atoms with Gasteiger partial charge in [0.15, 0.2) is 11.4 Å². The first-order valence-electron chi connectivity index (χ1n) is 10.1. The summed E-state index contributed by atoms with van der Waals surface area (Å²) in [5, 5.41) is 7.84. The third-order valence-electron chi connectivity index (χ3n) is 6.30. The van der Waals surface area contributed by atoms with Crippen molar-refractivity contribution in [2.75, 3.05) is 6.54 Å². The number of alkyl halides is 2. The molecule has 2 aromatic rings. The molecule has 10 heteroatoms. The predicted molar refractivity (Wildman–Crippen MR) is 110 cm³/mol. The van der Waals surface area contributed by atoms with E-state index in [0.717, 1.165) is 6.42 Å². The van der Waals surface area contributed by atoms with Gasteiger partial charge in [0.2, 0.25) is 11.8 Å². The number of rotatable bonds is 6. The van der Waals surface area contributed by atoms with Crippen molar-refractivity contribution < 1.29 is 14.4 Å². The standard InChI is InChI=1S/C20H21Cl2N5O3/c1-10(28)17-13-3-2-4-23-18(13)26(25-17)9-16(29)27-14-5-11(14)6-15(27)19(30)24-8-12-7-20(12,21)22/h2-4,11-12,14-15H,5-9H2,1H3,(H,24,30)/t11-,12+,14-,15+/m1/s1. The Hall–Kier alpha value is -2.19. The number of nitrogens with zero attached hydrogens (tertiary/aromatic N) is 4. The summed E-state index contributed by atoms with van der Waals surface area (Å²) < 4.78 is 0.710. The number of carbonyl (C=O) groups is 3. The van der Waals surface area contributed by atoms with E-state index < -0.39 is 10.4 Å². The summed E-state index contributed by atoms with van der Waals surface area (Å²) in [6.07, 6.45) is 3.84. The number of ketones is 1. The second-order valence-electron chi connectivity index (χ2n) is 8.46. The zero-order chi connectivity index (χ0) is 21.2. The minimum atomic E-state index is -0.747. The van der Waals surface area contributed by atoms with E-state index in [-0.39, 0.29) is 36.1 Å². The average Bonchev–Trinajstić information content (AvgIpc) is 3.49. The Bertz CT molecular complexity index is 1070. The van der Waals surface area contributed by atoms with Crippen LogP contribution in [0.3, 0.4) is 0 Å².